The summed E-state index contributed by atoms with van der Waals surface area (Å²) < 4.78 is 5.42. The molecule has 0 bridgehead atoms. The summed E-state index contributed by atoms with van der Waals surface area (Å²) in [7, 11) is 1.89. The molecule has 4 nitrogen and oxygen atoms in total. The number of carbonyl (C=O) groups is 2. The fraction of sp³-hybridized carbons (Fsp3) is 0.120. The Balaban J connectivity index is 1.55. The third-order valence-electron chi connectivity index (χ3n) is 5.01. The molecule has 4 rings (SSSR count). The molecule has 0 spiro atoms. The van der Waals surface area contributed by atoms with Gasteiger partial charge in [-0.05, 0) is 55.0 Å². The molecule has 144 valence electrons. The molecule has 0 N–H and O–H groups in total. The number of benzene rings is 3. The van der Waals surface area contributed by atoms with Crippen molar-refractivity contribution in [1.82, 2.24) is 0 Å². The molecule has 29 heavy (non-hydrogen) atoms. The average molecular weight is 383 g/mol. The minimum atomic E-state index is -0.0475. The molecule has 0 amide bonds. The lowest BCUT2D eigenvalue weighted by atomic mass is 10.0. The first kappa shape index (κ1) is 18.7. The van der Waals surface area contributed by atoms with Crippen molar-refractivity contribution >= 4 is 23.3 Å². The predicted molar refractivity (Wildman–Crippen MR) is 115 cm³/mol. The van der Waals surface area contributed by atoms with E-state index in [2.05, 4.69) is 0 Å². The molecule has 3 aromatic rings. The van der Waals surface area contributed by atoms with Crippen LogP contribution in [0.1, 0.15) is 38.8 Å². The van der Waals surface area contributed by atoms with Gasteiger partial charge in [0.25, 0.3) is 0 Å². The van der Waals surface area contributed by atoms with E-state index in [1.54, 1.807) is 36.4 Å². The van der Waals surface area contributed by atoms with Gasteiger partial charge in [-0.15, -0.1) is 0 Å². The summed E-state index contributed by atoms with van der Waals surface area (Å²) >= 11 is 0. The van der Waals surface area contributed by atoms with E-state index in [1.807, 2.05) is 61.3 Å². The maximum atomic E-state index is 12.7. The summed E-state index contributed by atoms with van der Waals surface area (Å²) in [6, 6.07) is 22.0. The summed E-state index contributed by atoms with van der Waals surface area (Å²) in [6.07, 6.45) is 1.85. The normalized spacial score (nSPS) is 14.2. The van der Waals surface area contributed by atoms with Crippen LogP contribution in [-0.4, -0.2) is 25.2 Å². The van der Waals surface area contributed by atoms with Gasteiger partial charge in [-0.25, -0.2) is 0 Å². The number of para-hydroxylation sites is 1. The number of nitrogens with zero attached hydrogens (tertiary/aromatic N) is 1. The second kappa shape index (κ2) is 7.76. The highest BCUT2D eigenvalue weighted by Gasteiger charge is 2.28. The Hall–Kier alpha value is -3.66. The molecule has 0 atom stereocenters. The Morgan fingerprint density at radius 2 is 1.55 bits per heavy atom. The number of rotatable bonds is 5. The molecule has 1 aliphatic rings. The maximum Gasteiger partial charge on any atom is 0.211 e. The SMILES string of the molecule is CCOc1ccc(C(=O)c2ccc(C=C3C(=O)c4ccccc4N3C)cc2)cc1. The van der Waals surface area contributed by atoms with E-state index in [1.165, 1.54) is 0 Å². The van der Waals surface area contributed by atoms with Crippen molar-refractivity contribution in [2.24, 2.45) is 0 Å². The summed E-state index contributed by atoms with van der Waals surface area (Å²) in [5.74, 6) is 0.712. The van der Waals surface area contributed by atoms with Crippen molar-refractivity contribution in [2.45, 2.75) is 6.92 Å². The van der Waals surface area contributed by atoms with Crippen molar-refractivity contribution < 1.29 is 14.3 Å². The van der Waals surface area contributed by atoms with Crippen LogP contribution in [0.3, 0.4) is 0 Å². The van der Waals surface area contributed by atoms with Crippen LogP contribution in [0.25, 0.3) is 6.08 Å². The van der Waals surface area contributed by atoms with E-state index < -0.39 is 0 Å². The van der Waals surface area contributed by atoms with Gasteiger partial charge < -0.3 is 9.64 Å². The predicted octanol–water partition coefficient (Wildman–Crippen LogP) is 4.99. The lowest BCUT2D eigenvalue weighted by molar-refractivity contribution is 0.103. The smallest absolute Gasteiger partial charge is 0.211 e. The summed E-state index contributed by atoms with van der Waals surface area (Å²) in [5.41, 5.74) is 4.33. The van der Waals surface area contributed by atoms with E-state index in [0.29, 0.717) is 29.0 Å². The van der Waals surface area contributed by atoms with E-state index in [9.17, 15) is 9.59 Å². The second-order valence-electron chi connectivity index (χ2n) is 6.84. The third kappa shape index (κ3) is 3.57. The number of ether oxygens (including phenoxy) is 1. The Morgan fingerprint density at radius 3 is 2.17 bits per heavy atom. The number of anilines is 1. The topological polar surface area (TPSA) is 46.6 Å². The maximum absolute atomic E-state index is 12.7. The molecule has 0 aliphatic carbocycles. The van der Waals surface area contributed by atoms with Gasteiger partial charge in [0.05, 0.1) is 18.0 Å². The van der Waals surface area contributed by atoms with Gasteiger partial charge >= 0.3 is 0 Å². The molecular weight excluding hydrogens is 362 g/mol. The Morgan fingerprint density at radius 1 is 0.931 bits per heavy atom. The van der Waals surface area contributed by atoms with Crippen LogP contribution < -0.4 is 9.64 Å². The number of hydrogen-bond acceptors (Lipinski definition) is 4. The van der Waals surface area contributed by atoms with Crippen LogP contribution in [0.4, 0.5) is 5.69 Å². The molecular formula is C25H21NO3. The molecule has 0 radical (unpaired) electrons. The molecule has 0 saturated carbocycles. The van der Waals surface area contributed by atoms with Crippen molar-refractivity contribution in [3.8, 4) is 5.75 Å². The molecule has 0 fully saturated rings. The van der Waals surface area contributed by atoms with Crippen LogP contribution in [0, 0.1) is 0 Å². The van der Waals surface area contributed by atoms with Crippen LogP contribution in [0.5, 0.6) is 5.75 Å². The molecule has 0 unspecified atom stereocenters. The van der Waals surface area contributed by atoms with Gasteiger partial charge in [-0.3, -0.25) is 9.59 Å². The van der Waals surface area contributed by atoms with Gasteiger partial charge in [0.2, 0.25) is 5.78 Å². The molecule has 0 aromatic heterocycles. The summed E-state index contributed by atoms with van der Waals surface area (Å²) in [5, 5.41) is 0. The second-order valence-corrected chi connectivity index (χ2v) is 6.84. The fourth-order valence-electron chi connectivity index (χ4n) is 3.47. The highest BCUT2D eigenvalue weighted by Crippen LogP contribution is 2.33. The zero-order valence-electron chi connectivity index (χ0n) is 16.4. The van der Waals surface area contributed by atoms with Gasteiger partial charge in [-0.2, -0.15) is 0 Å². The largest absolute Gasteiger partial charge is 0.494 e. The van der Waals surface area contributed by atoms with E-state index in [-0.39, 0.29) is 11.6 Å². The van der Waals surface area contributed by atoms with Crippen LogP contribution in [0.15, 0.2) is 78.5 Å². The van der Waals surface area contributed by atoms with E-state index in [4.69, 9.17) is 4.74 Å². The molecule has 1 heterocycles. The lowest BCUT2D eigenvalue weighted by Gasteiger charge is -2.13. The Labute approximate surface area is 170 Å². The van der Waals surface area contributed by atoms with Crippen LogP contribution in [0.2, 0.25) is 0 Å². The molecule has 0 saturated heterocycles. The average Bonchev–Trinajstić information content (AvgIpc) is 3.00. The van der Waals surface area contributed by atoms with Gasteiger partial charge in [0.1, 0.15) is 5.75 Å². The van der Waals surface area contributed by atoms with E-state index >= 15 is 0 Å². The van der Waals surface area contributed by atoms with E-state index in [0.717, 1.165) is 17.0 Å². The first-order valence-corrected chi connectivity index (χ1v) is 9.55. The Kier molecular flexibility index (Phi) is 5.00. The first-order chi connectivity index (χ1) is 14.1. The number of hydrogen-bond donors (Lipinski definition) is 0. The number of ketones is 2. The zero-order chi connectivity index (χ0) is 20.4. The standard InChI is InChI=1S/C25H21NO3/c1-3-29-20-14-12-19(13-15-20)24(27)18-10-8-17(9-11-18)16-23-25(28)21-6-4-5-7-22(21)26(23)2/h4-16H,3H2,1-2H3. The Bertz CT molecular complexity index is 1100. The summed E-state index contributed by atoms with van der Waals surface area (Å²) in [6.45, 7) is 2.51. The highest BCUT2D eigenvalue weighted by molar-refractivity contribution is 6.21. The first-order valence-electron chi connectivity index (χ1n) is 9.55. The monoisotopic (exact) mass is 383 g/mol. The number of Topliss-reactive ketones (excluding diaryl/α,β-unsaturated/α-hetero) is 1. The lowest BCUT2D eigenvalue weighted by Crippen LogP contribution is -2.13. The summed E-state index contributed by atoms with van der Waals surface area (Å²) in [4.78, 5) is 27.3. The molecule has 1 aliphatic heterocycles. The van der Waals surface area contributed by atoms with Crippen molar-refractivity contribution in [1.29, 1.82) is 0 Å². The number of fused-ring (bicyclic) bond motifs is 1. The van der Waals surface area contributed by atoms with Crippen LogP contribution in [-0.2, 0) is 0 Å². The quantitative estimate of drug-likeness (QED) is 0.460. The minimum absolute atomic E-state index is 0.0117. The van der Waals surface area contributed by atoms with Gasteiger partial charge in [-0.1, -0.05) is 36.4 Å². The number of carbonyl (C=O) groups excluding carboxylic acids is 2. The minimum Gasteiger partial charge on any atom is -0.494 e. The number of likely N-dealkylation sites (N-methyl/N-ethyl adjacent to an activating group) is 1. The van der Waals surface area contributed by atoms with Crippen molar-refractivity contribution in [3.63, 3.8) is 0 Å². The number of allylic oxidation sites excluding steroid dienone is 1. The highest BCUT2D eigenvalue weighted by atomic mass is 16.5. The van der Waals surface area contributed by atoms with Gasteiger partial charge in [0, 0.05) is 23.7 Å². The third-order valence-corrected chi connectivity index (χ3v) is 5.01. The molecule has 3 aromatic carbocycles. The fourth-order valence-corrected chi connectivity index (χ4v) is 3.47. The van der Waals surface area contributed by atoms with Crippen molar-refractivity contribution in [3.05, 3.63) is 101 Å². The zero-order valence-corrected chi connectivity index (χ0v) is 16.4. The molecule has 4 heteroatoms. The van der Waals surface area contributed by atoms with Crippen molar-refractivity contribution in [2.75, 3.05) is 18.6 Å². The van der Waals surface area contributed by atoms with Gasteiger partial charge in [0.15, 0.2) is 5.78 Å². The van der Waals surface area contributed by atoms with Crippen LogP contribution >= 0.6 is 0 Å².